The Morgan fingerprint density at radius 3 is 2.56 bits per heavy atom. The number of aromatic nitrogens is 5. The quantitative estimate of drug-likeness (QED) is 0.178. The van der Waals surface area contributed by atoms with Gasteiger partial charge >= 0.3 is 0 Å². The molecule has 0 saturated heterocycles. The maximum atomic E-state index is 16.4. The number of anilines is 1. The van der Waals surface area contributed by atoms with Crippen molar-refractivity contribution in [2.24, 2.45) is 5.41 Å². The van der Waals surface area contributed by atoms with Crippen molar-refractivity contribution in [3.8, 4) is 6.07 Å². The smallest absolute Gasteiger partial charge is 0.263 e. The van der Waals surface area contributed by atoms with Gasteiger partial charge in [-0.25, -0.2) is 22.8 Å². The average Bonchev–Trinajstić information content (AvgIpc) is 3.58. The lowest BCUT2D eigenvalue weighted by Gasteiger charge is -2.22. The van der Waals surface area contributed by atoms with E-state index < -0.39 is 29.6 Å². The van der Waals surface area contributed by atoms with E-state index in [4.69, 9.17) is 11.6 Å². The van der Waals surface area contributed by atoms with Gasteiger partial charge in [0.1, 0.15) is 17.4 Å². The van der Waals surface area contributed by atoms with Gasteiger partial charge in [-0.05, 0) is 54.9 Å². The topological polar surface area (TPSA) is 92.3 Å². The number of hydrogen-bond donors (Lipinski definition) is 1. The van der Waals surface area contributed by atoms with E-state index >= 15 is 4.39 Å². The SMILES string of the molecule is Cc1nc(F)ccc1[C@H](Cc1cc(Cl)c2ncc(C#N)c(NCC(C)(C)C)c2c1F)c1cn(C2(C(F)F)CC2)nn1. The van der Waals surface area contributed by atoms with E-state index in [0.29, 0.717) is 23.5 Å². The molecule has 1 atom stereocenters. The van der Waals surface area contributed by atoms with Crippen molar-refractivity contribution in [2.75, 3.05) is 11.9 Å². The summed E-state index contributed by atoms with van der Waals surface area (Å²) in [6, 6.07) is 6.23. The van der Waals surface area contributed by atoms with E-state index in [-0.39, 0.29) is 57.4 Å². The number of benzene rings is 1. The highest BCUT2D eigenvalue weighted by molar-refractivity contribution is 6.35. The van der Waals surface area contributed by atoms with Crippen LogP contribution in [0, 0.1) is 35.4 Å². The first-order valence-corrected chi connectivity index (χ1v) is 13.5. The molecular formula is C29H28ClF4N7. The minimum atomic E-state index is -2.62. The van der Waals surface area contributed by atoms with Crippen LogP contribution in [0.2, 0.25) is 5.02 Å². The summed E-state index contributed by atoms with van der Waals surface area (Å²) in [4.78, 5) is 8.16. The van der Waals surface area contributed by atoms with Crippen molar-refractivity contribution in [3.63, 3.8) is 0 Å². The van der Waals surface area contributed by atoms with E-state index in [0.717, 1.165) is 0 Å². The number of hydrogen-bond acceptors (Lipinski definition) is 6. The van der Waals surface area contributed by atoms with Gasteiger partial charge in [0.05, 0.1) is 32.9 Å². The number of aryl methyl sites for hydroxylation is 1. The fraction of sp³-hybridized carbons (Fsp3) is 0.414. The molecule has 7 nitrogen and oxygen atoms in total. The first kappa shape index (κ1) is 28.7. The molecule has 12 heteroatoms. The maximum Gasteiger partial charge on any atom is 0.263 e. The molecule has 0 bridgehead atoms. The van der Waals surface area contributed by atoms with Gasteiger partial charge in [0.2, 0.25) is 5.95 Å². The van der Waals surface area contributed by atoms with Gasteiger partial charge in [-0.3, -0.25) is 4.98 Å². The molecule has 0 spiro atoms. The number of pyridine rings is 2. The monoisotopic (exact) mass is 585 g/mol. The second kappa shape index (κ2) is 10.6. The fourth-order valence-corrected chi connectivity index (χ4v) is 5.23. The first-order valence-electron chi connectivity index (χ1n) is 13.1. The summed E-state index contributed by atoms with van der Waals surface area (Å²) < 4.78 is 59.1. The molecule has 3 aromatic heterocycles. The van der Waals surface area contributed by atoms with Crippen LogP contribution in [-0.2, 0) is 12.0 Å². The average molecular weight is 586 g/mol. The molecule has 0 unspecified atom stereocenters. The molecule has 4 aromatic rings. The molecule has 1 saturated carbocycles. The molecule has 5 rings (SSSR count). The number of halogens is 5. The summed E-state index contributed by atoms with van der Waals surface area (Å²) in [5.74, 6) is -2.04. The Morgan fingerprint density at radius 1 is 1.22 bits per heavy atom. The van der Waals surface area contributed by atoms with E-state index in [9.17, 15) is 18.4 Å². The highest BCUT2D eigenvalue weighted by Crippen LogP contribution is 2.48. The summed E-state index contributed by atoms with van der Waals surface area (Å²) in [6.45, 7) is 8.06. The number of nitrogens with zero attached hydrogens (tertiary/aromatic N) is 6. The number of nitriles is 1. The Hall–Kier alpha value is -3.78. The molecule has 1 fully saturated rings. The number of rotatable bonds is 8. The minimum Gasteiger partial charge on any atom is -0.383 e. The molecule has 0 aliphatic heterocycles. The van der Waals surface area contributed by atoms with Crippen molar-refractivity contribution >= 4 is 28.2 Å². The van der Waals surface area contributed by atoms with Crippen LogP contribution in [-0.4, -0.2) is 37.9 Å². The number of nitrogens with one attached hydrogen (secondary N) is 1. The largest absolute Gasteiger partial charge is 0.383 e. The molecule has 1 aliphatic rings. The third-order valence-corrected chi connectivity index (χ3v) is 7.70. The van der Waals surface area contributed by atoms with E-state index in [1.807, 2.05) is 20.8 Å². The normalized spacial score (nSPS) is 15.2. The van der Waals surface area contributed by atoms with Crippen LogP contribution in [0.1, 0.15) is 67.6 Å². The Balaban J connectivity index is 1.65. The summed E-state index contributed by atoms with van der Waals surface area (Å²) in [6.07, 6.45) is 0.682. The summed E-state index contributed by atoms with van der Waals surface area (Å²) in [5, 5.41) is 21.4. The van der Waals surface area contributed by atoms with Crippen LogP contribution in [0.4, 0.5) is 23.2 Å². The van der Waals surface area contributed by atoms with E-state index in [2.05, 4.69) is 31.7 Å². The molecule has 1 N–H and O–H groups in total. The number of fused-ring (bicyclic) bond motifs is 1. The Kier molecular flexibility index (Phi) is 7.40. The highest BCUT2D eigenvalue weighted by atomic mass is 35.5. The molecule has 1 aromatic carbocycles. The van der Waals surface area contributed by atoms with Gasteiger partial charge in [-0.15, -0.1) is 5.10 Å². The van der Waals surface area contributed by atoms with Crippen molar-refractivity contribution in [1.29, 1.82) is 5.26 Å². The van der Waals surface area contributed by atoms with Gasteiger partial charge in [-0.1, -0.05) is 43.7 Å². The zero-order valence-corrected chi connectivity index (χ0v) is 23.7. The third kappa shape index (κ3) is 5.45. The molecule has 41 heavy (non-hydrogen) atoms. The van der Waals surface area contributed by atoms with E-state index in [1.165, 1.54) is 35.3 Å². The molecular weight excluding hydrogens is 558 g/mol. The Labute approximate surface area is 239 Å². The second-order valence-corrected chi connectivity index (χ2v) is 12.1. The molecule has 214 valence electrons. The first-order chi connectivity index (χ1) is 19.3. The lowest BCUT2D eigenvalue weighted by molar-refractivity contribution is 0.0593. The van der Waals surface area contributed by atoms with Gasteiger partial charge < -0.3 is 5.32 Å². The standard InChI is InChI=1S/C29H28ClF4N7/c1-15-18(5-6-22(31)38-15)19(21-13-41(40-39-21)29(7-8-29)27(33)34)9-16-10-20(30)26-23(24(16)32)25(17(11-35)12-36-26)37-14-28(2,3)4/h5-6,10,12-13,19,27H,7-9,14H2,1-4H3,(H,36,37)/t19-/m0/s1. The van der Waals surface area contributed by atoms with Gasteiger partial charge in [0, 0.05) is 30.6 Å². The zero-order valence-electron chi connectivity index (χ0n) is 22.9. The molecule has 3 heterocycles. The zero-order chi connectivity index (χ0) is 29.7. The van der Waals surface area contributed by atoms with Crippen LogP contribution >= 0.6 is 11.6 Å². The lowest BCUT2D eigenvalue weighted by Crippen LogP contribution is -2.26. The third-order valence-electron chi connectivity index (χ3n) is 7.41. The van der Waals surface area contributed by atoms with Crippen molar-refractivity contribution in [1.82, 2.24) is 25.0 Å². The molecule has 0 radical (unpaired) electrons. The lowest BCUT2D eigenvalue weighted by atomic mass is 9.87. The van der Waals surface area contributed by atoms with E-state index in [1.54, 1.807) is 6.92 Å². The minimum absolute atomic E-state index is 0.0223. The molecule has 0 amide bonds. The van der Waals surface area contributed by atoms with Crippen LogP contribution in [0.15, 0.2) is 30.6 Å². The van der Waals surface area contributed by atoms with Crippen LogP contribution in [0.3, 0.4) is 0 Å². The Morgan fingerprint density at radius 2 is 1.95 bits per heavy atom. The van der Waals surface area contributed by atoms with Crippen LogP contribution in [0.25, 0.3) is 10.9 Å². The maximum absolute atomic E-state index is 16.4. The predicted molar refractivity (Wildman–Crippen MR) is 147 cm³/mol. The van der Waals surface area contributed by atoms with Crippen molar-refractivity contribution in [3.05, 3.63) is 75.5 Å². The van der Waals surface area contributed by atoms with Crippen LogP contribution in [0.5, 0.6) is 0 Å². The van der Waals surface area contributed by atoms with Gasteiger partial charge in [0.15, 0.2) is 0 Å². The Bertz CT molecular complexity index is 1670. The summed E-state index contributed by atoms with van der Waals surface area (Å²) in [5.41, 5.74) is 0.405. The summed E-state index contributed by atoms with van der Waals surface area (Å²) >= 11 is 6.61. The predicted octanol–water partition coefficient (Wildman–Crippen LogP) is 6.92. The molecule has 1 aliphatic carbocycles. The second-order valence-electron chi connectivity index (χ2n) is 11.7. The van der Waals surface area contributed by atoms with Crippen molar-refractivity contribution in [2.45, 2.75) is 64.8 Å². The van der Waals surface area contributed by atoms with Crippen molar-refractivity contribution < 1.29 is 17.6 Å². The number of alkyl halides is 2. The van der Waals surface area contributed by atoms with Crippen LogP contribution < -0.4 is 5.32 Å². The van der Waals surface area contributed by atoms with Gasteiger partial charge in [0.25, 0.3) is 6.43 Å². The van der Waals surface area contributed by atoms with Gasteiger partial charge in [-0.2, -0.15) is 9.65 Å². The fourth-order valence-electron chi connectivity index (χ4n) is 4.95. The summed E-state index contributed by atoms with van der Waals surface area (Å²) in [7, 11) is 0. The highest BCUT2D eigenvalue weighted by Gasteiger charge is 2.54.